The summed E-state index contributed by atoms with van der Waals surface area (Å²) in [6.45, 7) is 4.49. The third-order valence-electron chi connectivity index (χ3n) is 3.69. The van der Waals surface area contributed by atoms with E-state index >= 15 is 0 Å². The fraction of sp³-hybridized carbons (Fsp3) is 0.714. The molecule has 1 aromatic rings. The van der Waals surface area contributed by atoms with Gasteiger partial charge in [0.25, 0.3) is 0 Å². The first-order chi connectivity index (χ1) is 8.69. The van der Waals surface area contributed by atoms with Crippen molar-refractivity contribution in [3.63, 3.8) is 0 Å². The van der Waals surface area contributed by atoms with Crippen LogP contribution in [0.25, 0.3) is 0 Å². The summed E-state index contributed by atoms with van der Waals surface area (Å²) in [5.41, 5.74) is 1.31. The Bertz CT molecular complexity index is 436. The predicted molar refractivity (Wildman–Crippen MR) is 81.7 cm³/mol. The third-order valence-corrected chi connectivity index (χ3v) is 5.24. The fourth-order valence-corrected chi connectivity index (χ4v) is 3.45. The number of rotatable bonds is 5. The molecule has 100 valence electrons. The van der Waals surface area contributed by atoms with Gasteiger partial charge in [0.2, 0.25) is 0 Å². The van der Waals surface area contributed by atoms with Crippen molar-refractivity contribution in [1.29, 1.82) is 0 Å². The second kappa shape index (κ2) is 6.71. The smallest absolute Gasteiger partial charge is 0.130 e. The van der Waals surface area contributed by atoms with Crippen molar-refractivity contribution in [1.82, 2.24) is 9.97 Å². The Kier molecular flexibility index (Phi) is 5.25. The highest BCUT2D eigenvalue weighted by Gasteiger charge is 2.18. The maximum Gasteiger partial charge on any atom is 0.130 e. The van der Waals surface area contributed by atoms with E-state index in [1.165, 1.54) is 37.8 Å². The lowest BCUT2D eigenvalue weighted by molar-refractivity contribution is 0.687. The van der Waals surface area contributed by atoms with Crippen LogP contribution in [0.3, 0.4) is 0 Å². The van der Waals surface area contributed by atoms with Crippen LogP contribution in [0.5, 0.6) is 0 Å². The second-order valence-corrected chi connectivity index (χ2v) is 6.98. The third kappa shape index (κ3) is 3.82. The van der Waals surface area contributed by atoms with Gasteiger partial charge in [-0.15, -0.1) is 0 Å². The number of aromatic nitrogens is 2. The largest absolute Gasteiger partial charge is 0.346 e. The molecule has 0 bridgehead atoms. The molecule has 18 heavy (non-hydrogen) atoms. The molecule has 0 amide bonds. The molecule has 0 radical (unpaired) electrons. The van der Waals surface area contributed by atoms with E-state index in [9.17, 15) is 0 Å². The lowest BCUT2D eigenvalue weighted by Crippen LogP contribution is -2.03. The monoisotopic (exact) mass is 282 g/mol. The summed E-state index contributed by atoms with van der Waals surface area (Å²) in [6.07, 6.45) is 6.50. The van der Waals surface area contributed by atoms with Crippen molar-refractivity contribution in [3.8, 4) is 0 Å². The first kappa shape index (κ1) is 14.1. The van der Waals surface area contributed by atoms with Crippen molar-refractivity contribution in [2.45, 2.75) is 62.9 Å². The van der Waals surface area contributed by atoms with E-state index in [1.807, 2.05) is 11.8 Å². The molecule has 2 nitrogen and oxygen atoms in total. The maximum atomic E-state index is 5.29. The van der Waals surface area contributed by atoms with Crippen LogP contribution in [-0.2, 0) is 5.75 Å². The minimum absolute atomic E-state index is 0.682. The SMILES string of the molecule is CCC(C)SCc1nc(=S)cc(C2CCCC2)[nH]1. The lowest BCUT2D eigenvalue weighted by atomic mass is 10.0. The highest BCUT2D eigenvalue weighted by molar-refractivity contribution is 7.99. The quantitative estimate of drug-likeness (QED) is 0.784. The van der Waals surface area contributed by atoms with Gasteiger partial charge in [0.15, 0.2) is 0 Å². The molecule has 1 aliphatic carbocycles. The summed E-state index contributed by atoms with van der Waals surface area (Å²) in [5, 5.41) is 0.684. The Hall–Kier alpha value is -0.350. The topological polar surface area (TPSA) is 28.7 Å². The standard InChI is InChI=1S/C14H22N2S2/c1-3-10(2)18-9-13-15-12(8-14(17)16-13)11-6-4-5-7-11/h8,10-11H,3-7,9H2,1-2H3,(H,15,16,17). The molecule has 0 saturated heterocycles. The Morgan fingerprint density at radius 1 is 1.50 bits per heavy atom. The van der Waals surface area contributed by atoms with Gasteiger partial charge in [-0.25, -0.2) is 4.98 Å². The molecule has 0 aliphatic heterocycles. The number of nitrogens with zero attached hydrogens (tertiary/aromatic N) is 1. The van der Waals surface area contributed by atoms with Gasteiger partial charge in [-0.1, -0.05) is 38.9 Å². The van der Waals surface area contributed by atoms with E-state index < -0.39 is 0 Å². The Morgan fingerprint density at radius 2 is 2.22 bits per heavy atom. The highest BCUT2D eigenvalue weighted by atomic mass is 32.2. The second-order valence-electron chi connectivity index (χ2n) is 5.13. The van der Waals surface area contributed by atoms with E-state index in [0.29, 0.717) is 11.2 Å². The van der Waals surface area contributed by atoms with Gasteiger partial charge < -0.3 is 4.98 Å². The van der Waals surface area contributed by atoms with Crippen molar-refractivity contribution < 1.29 is 0 Å². The number of thioether (sulfide) groups is 1. The molecule has 1 atom stereocenters. The Labute approximate surface area is 119 Å². The average Bonchev–Trinajstić information content (AvgIpc) is 2.89. The molecule has 1 aliphatic rings. The summed E-state index contributed by atoms with van der Waals surface area (Å²) in [7, 11) is 0. The Balaban J connectivity index is 2.08. The molecule has 1 N–H and O–H groups in total. The van der Waals surface area contributed by atoms with Crippen LogP contribution in [0.1, 0.15) is 63.4 Å². The summed E-state index contributed by atoms with van der Waals surface area (Å²) in [6, 6.07) is 2.06. The summed E-state index contributed by atoms with van der Waals surface area (Å²) >= 11 is 7.24. The minimum Gasteiger partial charge on any atom is -0.346 e. The van der Waals surface area contributed by atoms with E-state index in [1.54, 1.807) is 0 Å². The van der Waals surface area contributed by atoms with Crippen LogP contribution in [-0.4, -0.2) is 15.2 Å². The van der Waals surface area contributed by atoms with Crippen LogP contribution < -0.4 is 0 Å². The first-order valence-corrected chi connectivity index (χ1v) is 8.36. The van der Waals surface area contributed by atoms with E-state index in [-0.39, 0.29) is 0 Å². The van der Waals surface area contributed by atoms with Gasteiger partial charge >= 0.3 is 0 Å². The number of aromatic amines is 1. The van der Waals surface area contributed by atoms with Crippen LogP contribution in [0.2, 0.25) is 0 Å². The van der Waals surface area contributed by atoms with Crippen molar-refractivity contribution in [3.05, 3.63) is 22.2 Å². The van der Waals surface area contributed by atoms with Gasteiger partial charge in [-0.2, -0.15) is 11.8 Å². The zero-order valence-electron chi connectivity index (χ0n) is 11.2. The van der Waals surface area contributed by atoms with Crippen LogP contribution >= 0.6 is 24.0 Å². The van der Waals surface area contributed by atoms with Crippen LogP contribution in [0.15, 0.2) is 6.07 Å². The van der Waals surface area contributed by atoms with E-state index in [2.05, 4.69) is 29.9 Å². The number of nitrogens with one attached hydrogen (secondary N) is 1. The molecule has 1 unspecified atom stereocenters. The summed E-state index contributed by atoms with van der Waals surface area (Å²) < 4.78 is 0.746. The number of hydrogen-bond acceptors (Lipinski definition) is 3. The molecular weight excluding hydrogens is 260 g/mol. The Morgan fingerprint density at radius 3 is 2.89 bits per heavy atom. The predicted octanol–water partition coefficient (Wildman–Crippen LogP) is 4.83. The fourth-order valence-electron chi connectivity index (χ4n) is 2.39. The van der Waals surface area contributed by atoms with Gasteiger partial charge in [0.05, 0.1) is 5.75 Å². The average molecular weight is 282 g/mol. The summed E-state index contributed by atoms with van der Waals surface area (Å²) in [4.78, 5) is 7.96. The zero-order valence-corrected chi connectivity index (χ0v) is 12.9. The number of H-pyrrole nitrogens is 1. The minimum atomic E-state index is 0.682. The van der Waals surface area contributed by atoms with Gasteiger partial charge in [-0.05, 0) is 31.2 Å². The van der Waals surface area contributed by atoms with Gasteiger partial charge in [0.1, 0.15) is 10.5 Å². The van der Waals surface area contributed by atoms with Crippen molar-refractivity contribution >= 4 is 24.0 Å². The molecule has 1 fully saturated rings. The van der Waals surface area contributed by atoms with Crippen molar-refractivity contribution in [2.24, 2.45) is 0 Å². The molecular formula is C14H22N2S2. The van der Waals surface area contributed by atoms with Crippen molar-refractivity contribution in [2.75, 3.05) is 0 Å². The van der Waals surface area contributed by atoms with E-state index in [0.717, 1.165) is 16.2 Å². The molecule has 1 saturated carbocycles. The van der Waals surface area contributed by atoms with Crippen LogP contribution in [0, 0.1) is 4.64 Å². The number of hydrogen-bond donors (Lipinski definition) is 1. The molecule has 2 rings (SSSR count). The molecule has 0 aromatic carbocycles. The molecule has 1 aromatic heterocycles. The van der Waals surface area contributed by atoms with Gasteiger partial charge in [-0.3, -0.25) is 0 Å². The maximum absolute atomic E-state index is 5.29. The van der Waals surface area contributed by atoms with Crippen LogP contribution in [0.4, 0.5) is 0 Å². The normalized spacial score (nSPS) is 18.1. The molecule has 1 heterocycles. The highest BCUT2D eigenvalue weighted by Crippen LogP contribution is 2.33. The van der Waals surface area contributed by atoms with E-state index in [4.69, 9.17) is 12.2 Å². The zero-order chi connectivity index (χ0) is 13.0. The summed E-state index contributed by atoms with van der Waals surface area (Å²) in [5.74, 6) is 2.68. The van der Waals surface area contributed by atoms with Gasteiger partial charge in [0, 0.05) is 10.9 Å². The lowest BCUT2D eigenvalue weighted by Gasteiger charge is -2.12. The molecule has 0 spiro atoms. The molecule has 4 heteroatoms. The first-order valence-electron chi connectivity index (χ1n) is 6.90.